The first-order chi connectivity index (χ1) is 7.92. The first-order valence-electron chi connectivity index (χ1n) is 5.78. The van der Waals surface area contributed by atoms with Crippen LogP contribution in [0.4, 0.5) is 0 Å². The first-order valence-corrected chi connectivity index (χ1v) is 5.78. The highest BCUT2D eigenvalue weighted by Crippen LogP contribution is 2.18. The fourth-order valence-corrected chi connectivity index (χ4v) is 2.12. The van der Waals surface area contributed by atoms with Crippen molar-refractivity contribution in [3.05, 3.63) is 24.1 Å². The van der Waals surface area contributed by atoms with Crippen LogP contribution in [0.2, 0.25) is 0 Å². The summed E-state index contributed by atoms with van der Waals surface area (Å²) in [5.74, 6) is 1.06. The van der Waals surface area contributed by atoms with Crippen LogP contribution in [0.5, 0.6) is 0 Å². The minimum absolute atomic E-state index is 0.860. The fraction of sp³-hybridized carbons (Fsp3) is 0.500. The monoisotopic (exact) mass is 220 g/mol. The Labute approximate surface area is 94.2 Å². The fourth-order valence-electron chi connectivity index (χ4n) is 2.12. The van der Waals surface area contributed by atoms with Crippen LogP contribution < -0.4 is 0 Å². The van der Waals surface area contributed by atoms with Crippen LogP contribution in [0.1, 0.15) is 5.76 Å². The molecule has 16 heavy (non-hydrogen) atoms. The summed E-state index contributed by atoms with van der Waals surface area (Å²) in [6.45, 7) is 4.86. The van der Waals surface area contributed by atoms with Gasteiger partial charge in [-0.05, 0) is 6.07 Å². The van der Waals surface area contributed by atoms with Crippen molar-refractivity contribution >= 4 is 11.1 Å². The number of ether oxygens (including phenoxy) is 1. The van der Waals surface area contributed by atoms with Crippen molar-refractivity contribution in [2.24, 2.45) is 0 Å². The number of furan rings is 1. The van der Waals surface area contributed by atoms with Gasteiger partial charge in [-0.2, -0.15) is 0 Å². The Morgan fingerprint density at radius 1 is 1.31 bits per heavy atom. The summed E-state index contributed by atoms with van der Waals surface area (Å²) in [5, 5.41) is 0. The van der Waals surface area contributed by atoms with Crippen LogP contribution in [0.25, 0.3) is 11.1 Å². The lowest BCUT2D eigenvalue weighted by Gasteiger charge is -2.25. The quantitative estimate of drug-likeness (QED) is 0.854. The maximum Gasteiger partial charge on any atom is 0.151 e. The number of aromatic nitrogens is 1. The highest BCUT2D eigenvalue weighted by Gasteiger charge is 2.11. The maximum absolute atomic E-state index is 5.71. The van der Waals surface area contributed by atoms with Gasteiger partial charge >= 0.3 is 0 Å². The van der Waals surface area contributed by atoms with Crippen LogP contribution >= 0.6 is 0 Å². The average Bonchev–Trinajstić information content (AvgIpc) is 2.88. The topological polar surface area (TPSA) is 41.4 Å². The molecule has 1 aliphatic heterocycles. The number of rotatable bonds is 3. The summed E-state index contributed by atoms with van der Waals surface area (Å²) in [4.78, 5) is 5.57. The highest BCUT2D eigenvalue weighted by molar-refractivity contribution is 5.73. The number of nitrogens with one attached hydrogen (secondary N) is 1. The van der Waals surface area contributed by atoms with Gasteiger partial charge in [0.05, 0.1) is 18.7 Å². The van der Waals surface area contributed by atoms with Gasteiger partial charge in [0.2, 0.25) is 0 Å². The molecule has 0 amide bonds. The van der Waals surface area contributed by atoms with Crippen LogP contribution in [0.3, 0.4) is 0 Å². The summed E-state index contributed by atoms with van der Waals surface area (Å²) < 4.78 is 11.0. The van der Waals surface area contributed by atoms with Crippen molar-refractivity contribution in [1.29, 1.82) is 0 Å². The molecular weight excluding hydrogens is 204 g/mol. The first kappa shape index (κ1) is 9.93. The molecule has 1 fully saturated rings. The molecule has 2 aromatic heterocycles. The van der Waals surface area contributed by atoms with Gasteiger partial charge < -0.3 is 14.1 Å². The number of H-pyrrole nitrogens is 1. The van der Waals surface area contributed by atoms with E-state index in [4.69, 9.17) is 9.15 Å². The van der Waals surface area contributed by atoms with E-state index in [2.05, 4.69) is 16.0 Å². The normalized spacial score (nSPS) is 18.2. The molecule has 1 N–H and O–H groups in total. The second kappa shape index (κ2) is 4.31. The lowest BCUT2D eigenvalue weighted by Crippen LogP contribution is -2.37. The minimum Gasteiger partial charge on any atom is -0.459 e. The standard InChI is InChI=1S/C12H16N2O2/c1-3-13-11-9-10(16-12(1)11)2-4-14-5-7-15-8-6-14/h1,3,9,13H,2,4-8H2. The third kappa shape index (κ3) is 1.99. The van der Waals surface area contributed by atoms with Gasteiger partial charge in [0.1, 0.15) is 5.76 Å². The number of fused-ring (bicyclic) bond motifs is 1. The average molecular weight is 220 g/mol. The van der Waals surface area contributed by atoms with E-state index in [-0.39, 0.29) is 0 Å². The number of hydrogen-bond acceptors (Lipinski definition) is 3. The lowest BCUT2D eigenvalue weighted by molar-refractivity contribution is 0.0379. The molecule has 0 aliphatic carbocycles. The second-order valence-electron chi connectivity index (χ2n) is 4.17. The zero-order valence-corrected chi connectivity index (χ0v) is 9.24. The third-order valence-corrected chi connectivity index (χ3v) is 3.06. The molecule has 86 valence electrons. The number of morpholine rings is 1. The van der Waals surface area contributed by atoms with Gasteiger partial charge in [-0.15, -0.1) is 0 Å². The Morgan fingerprint density at radius 2 is 2.19 bits per heavy atom. The molecular formula is C12H16N2O2. The van der Waals surface area contributed by atoms with Crippen molar-refractivity contribution in [3.63, 3.8) is 0 Å². The third-order valence-electron chi connectivity index (χ3n) is 3.06. The van der Waals surface area contributed by atoms with E-state index in [9.17, 15) is 0 Å². The molecule has 4 nitrogen and oxygen atoms in total. The largest absolute Gasteiger partial charge is 0.459 e. The van der Waals surface area contributed by atoms with E-state index in [1.807, 2.05) is 12.3 Å². The molecule has 0 atom stereocenters. The Hall–Kier alpha value is -1.26. The van der Waals surface area contributed by atoms with Crippen molar-refractivity contribution in [2.75, 3.05) is 32.8 Å². The summed E-state index contributed by atoms with van der Waals surface area (Å²) >= 11 is 0. The van der Waals surface area contributed by atoms with Crippen molar-refractivity contribution in [3.8, 4) is 0 Å². The van der Waals surface area contributed by atoms with Gasteiger partial charge in [-0.1, -0.05) is 0 Å². The summed E-state index contributed by atoms with van der Waals surface area (Å²) in [6.07, 6.45) is 2.88. The molecule has 4 heteroatoms. The molecule has 0 unspecified atom stereocenters. The van der Waals surface area contributed by atoms with Gasteiger partial charge in [-0.25, -0.2) is 0 Å². The molecule has 0 bridgehead atoms. The molecule has 2 aromatic rings. The molecule has 3 rings (SSSR count). The molecule has 0 radical (unpaired) electrons. The zero-order chi connectivity index (χ0) is 10.8. The van der Waals surface area contributed by atoms with Gasteiger partial charge in [0, 0.05) is 38.3 Å². The van der Waals surface area contributed by atoms with E-state index in [0.717, 1.165) is 56.1 Å². The van der Waals surface area contributed by atoms with Crippen molar-refractivity contribution < 1.29 is 9.15 Å². The van der Waals surface area contributed by atoms with E-state index >= 15 is 0 Å². The van der Waals surface area contributed by atoms with Crippen LogP contribution in [-0.4, -0.2) is 42.7 Å². The molecule has 0 aromatic carbocycles. The Kier molecular flexibility index (Phi) is 2.68. The van der Waals surface area contributed by atoms with Crippen molar-refractivity contribution in [1.82, 2.24) is 9.88 Å². The molecule has 0 spiro atoms. The van der Waals surface area contributed by atoms with E-state index < -0.39 is 0 Å². The summed E-state index contributed by atoms with van der Waals surface area (Å²) in [6, 6.07) is 4.06. The predicted molar refractivity (Wildman–Crippen MR) is 61.5 cm³/mol. The smallest absolute Gasteiger partial charge is 0.151 e. The molecule has 0 saturated carbocycles. The van der Waals surface area contributed by atoms with Gasteiger partial charge in [0.25, 0.3) is 0 Å². The van der Waals surface area contributed by atoms with Gasteiger partial charge in [0.15, 0.2) is 5.58 Å². The van der Waals surface area contributed by atoms with E-state index in [1.165, 1.54) is 0 Å². The van der Waals surface area contributed by atoms with E-state index in [1.54, 1.807) is 0 Å². The summed E-state index contributed by atoms with van der Waals surface area (Å²) in [7, 11) is 0. The Morgan fingerprint density at radius 3 is 3.00 bits per heavy atom. The van der Waals surface area contributed by atoms with Gasteiger partial charge in [-0.3, -0.25) is 4.90 Å². The number of nitrogens with zero attached hydrogens (tertiary/aromatic N) is 1. The van der Waals surface area contributed by atoms with Crippen molar-refractivity contribution in [2.45, 2.75) is 6.42 Å². The zero-order valence-electron chi connectivity index (χ0n) is 9.24. The lowest BCUT2D eigenvalue weighted by atomic mass is 10.3. The molecule has 3 heterocycles. The van der Waals surface area contributed by atoms with Crippen LogP contribution in [0, 0.1) is 0 Å². The minimum atomic E-state index is 0.860. The number of hydrogen-bond donors (Lipinski definition) is 1. The SMILES string of the molecule is c1cc2oc(CCN3CCOCC3)cc2[nH]1. The molecule has 1 saturated heterocycles. The van der Waals surface area contributed by atoms with Crippen LogP contribution in [0.15, 0.2) is 22.7 Å². The Balaban J connectivity index is 1.59. The second-order valence-corrected chi connectivity index (χ2v) is 4.17. The number of aromatic amines is 1. The predicted octanol–water partition coefficient (Wildman–Crippen LogP) is 1.64. The highest BCUT2D eigenvalue weighted by atomic mass is 16.5. The van der Waals surface area contributed by atoms with E-state index in [0.29, 0.717) is 0 Å². The molecule has 1 aliphatic rings. The summed E-state index contributed by atoms with van der Waals surface area (Å²) in [5.41, 5.74) is 2.05. The van der Waals surface area contributed by atoms with Crippen LogP contribution in [-0.2, 0) is 11.2 Å². The Bertz CT molecular complexity index is 426. The maximum atomic E-state index is 5.71.